The number of amides is 1. The lowest BCUT2D eigenvalue weighted by Crippen LogP contribution is -2.36. The average Bonchev–Trinajstić information content (AvgIpc) is 2.45. The molecule has 1 rings (SSSR count). The number of rotatable bonds is 8. The van der Waals surface area contributed by atoms with Crippen molar-refractivity contribution in [2.75, 3.05) is 44.3 Å². The second-order valence-corrected chi connectivity index (χ2v) is 7.69. The van der Waals surface area contributed by atoms with Gasteiger partial charge < -0.3 is 10.2 Å². The molecule has 0 aliphatic carbocycles. The molecule has 142 valence electrons. The number of likely N-dealkylation sites (N-methyl/N-ethyl adjacent to an activating group) is 1. The largest absolute Gasteiger partial charge is 0.416 e. The monoisotopic (exact) mass is 381 g/mol. The molecule has 1 aromatic carbocycles. The summed E-state index contributed by atoms with van der Waals surface area (Å²) in [5.41, 5.74) is -0.789. The molecule has 0 unspecified atom stereocenters. The van der Waals surface area contributed by atoms with E-state index in [0.29, 0.717) is 13.1 Å². The van der Waals surface area contributed by atoms with Crippen LogP contribution in [0.2, 0.25) is 0 Å². The molecule has 0 spiro atoms. The predicted molar refractivity (Wildman–Crippen MR) is 89.8 cm³/mol. The molecule has 0 bridgehead atoms. The van der Waals surface area contributed by atoms with Gasteiger partial charge in [-0.25, -0.2) is 8.42 Å². The Balaban J connectivity index is 2.78. The molecule has 0 aromatic heterocycles. The van der Waals surface area contributed by atoms with Crippen molar-refractivity contribution in [3.05, 3.63) is 29.8 Å². The van der Waals surface area contributed by atoms with Crippen LogP contribution in [0.15, 0.2) is 24.3 Å². The number of hydrogen-bond donors (Lipinski definition) is 1. The molecule has 0 saturated carbocycles. The van der Waals surface area contributed by atoms with Gasteiger partial charge in [-0.05, 0) is 38.4 Å². The SMILES string of the molecule is CN(C)CCNC(=O)CCN(c1ccc(C(F)(F)F)cc1)S(C)(=O)=O. The number of carbonyl (C=O) groups is 1. The zero-order valence-electron chi connectivity index (χ0n) is 14.3. The minimum Gasteiger partial charge on any atom is -0.355 e. The van der Waals surface area contributed by atoms with Crippen LogP contribution in [0, 0.1) is 0 Å². The van der Waals surface area contributed by atoms with Gasteiger partial charge in [0.05, 0.1) is 17.5 Å². The molecule has 6 nitrogen and oxygen atoms in total. The van der Waals surface area contributed by atoms with Gasteiger partial charge in [0, 0.05) is 26.1 Å². The lowest BCUT2D eigenvalue weighted by molar-refractivity contribution is -0.137. The summed E-state index contributed by atoms with van der Waals surface area (Å²) in [4.78, 5) is 13.7. The van der Waals surface area contributed by atoms with Crippen LogP contribution in [0.3, 0.4) is 0 Å². The van der Waals surface area contributed by atoms with Gasteiger partial charge in [0.2, 0.25) is 15.9 Å². The van der Waals surface area contributed by atoms with Crippen molar-refractivity contribution >= 4 is 21.6 Å². The highest BCUT2D eigenvalue weighted by Crippen LogP contribution is 2.30. The molecule has 1 aromatic rings. The van der Waals surface area contributed by atoms with Gasteiger partial charge in [-0.2, -0.15) is 13.2 Å². The van der Waals surface area contributed by atoms with Gasteiger partial charge in [0.25, 0.3) is 0 Å². The Bertz CT molecular complexity index is 674. The van der Waals surface area contributed by atoms with E-state index in [2.05, 4.69) is 5.32 Å². The second-order valence-electron chi connectivity index (χ2n) is 5.78. The number of benzene rings is 1. The van der Waals surface area contributed by atoms with Crippen LogP contribution in [0.5, 0.6) is 0 Å². The second kappa shape index (κ2) is 8.52. The third-order valence-corrected chi connectivity index (χ3v) is 4.50. The maximum absolute atomic E-state index is 12.6. The molecule has 0 heterocycles. The van der Waals surface area contributed by atoms with Crippen LogP contribution < -0.4 is 9.62 Å². The van der Waals surface area contributed by atoms with Gasteiger partial charge in [0.1, 0.15) is 0 Å². The molecule has 25 heavy (non-hydrogen) atoms. The molecule has 0 atom stereocenters. The molecular formula is C15H22F3N3O3S. The van der Waals surface area contributed by atoms with Crippen molar-refractivity contribution in [1.82, 2.24) is 10.2 Å². The molecule has 1 amide bonds. The Kier molecular flexibility index (Phi) is 7.24. The summed E-state index contributed by atoms with van der Waals surface area (Å²) >= 11 is 0. The van der Waals surface area contributed by atoms with Crippen LogP contribution in [0.25, 0.3) is 0 Å². The highest BCUT2D eigenvalue weighted by atomic mass is 32.2. The van der Waals surface area contributed by atoms with Gasteiger partial charge in [0.15, 0.2) is 0 Å². The van der Waals surface area contributed by atoms with Crippen LogP contribution in [-0.4, -0.2) is 59.2 Å². The van der Waals surface area contributed by atoms with Crippen molar-refractivity contribution in [3.63, 3.8) is 0 Å². The molecule has 0 aliphatic heterocycles. The molecule has 0 saturated heterocycles. The molecular weight excluding hydrogens is 359 g/mol. The summed E-state index contributed by atoms with van der Waals surface area (Å²) in [7, 11) is -0.0333. The van der Waals surface area contributed by atoms with E-state index in [-0.39, 0.29) is 24.6 Å². The fraction of sp³-hybridized carbons (Fsp3) is 0.533. The first-order valence-electron chi connectivity index (χ1n) is 7.47. The number of sulfonamides is 1. The highest BCUT2D eigenvalue weighted by Gasteiger charge is 2.30. The zero-order chi connectivity index (χ0) is 19.3. The number of halogens is 3. The number of anilines is 1. The predicted octanol–water partition coefficient (Wildman–Crippen LogP) is 1.54. The Morgan fingerprint density at radius 1 is 1.12 bits per heavy atom. The van der Waals surface area contributed by atoms with E-state index in [1.165, 1.54) is 0 Å². The van der Waals surface area contributed by atoms with Crippen LogP contribution in [0.4, 0.5) is 18.9 Å². The lowest BCUT2D eigenvalue weighted by atomic mass is 10.2. The normalized spacial score (nSPS) is 12.3. The Morgan fingerprint density at radius 3 is 2.12 bits per heavy atom. The number of nitrogens with one attached hydrogen (secondary N) is 1. The summed E-state index contributed by atoms with van der Waals surface area (Å²) < 4.78 is 62.5. The topological polar surface area (TPSA) is 69.7 Å². The van der Waals surface area contributed by atoms with E-state index in [9.17, 15) is 26.4 Å². The standard InChI is InChI=1S/C15H22F3N3O3S/c1-20(2)11-9-19-14(22)8-10-21(25(3,23)24)13-6-4-12(5-7-13)15(16,17)18/h4-7H,8-11H2,1-3H3,(H,19,22). The first-order valence-corrected chi connectivity index (χ1v) is 9.32. The van der Waals surface area contributed by atoms with Crippen molar-refractivity contribution < 1.29 is 26.4 Å². The van der Waals surface area contributed by atoms with Gasteiger partial charge >= 0.3 is 6.18 Å². The van der Waals surface area contributed by atoms with E-state index < -0.39 is 21.8 Å². The summed E-state index contributed by atoms with van der Waals surface area (Å²) in [6.45, 7) is 0.906. The maximum Gasteiger partial charge on any atom is 0.416 e. The lowest BCUT2D eigenvalue weighted by Gasteiger charge is -2.22. The third kappa shape index (κ3) is 7.30. The maximum atomic E-state index is 12.6. The minimum absolute atomic E-state index is 0.0802. The molecule has 0 fully saturated rings. The average molecular weight is 381 g/mol. The quantitative estimate of drug-likeness (QED) is 0.742. The molecule has 1 N–H and O–H groups in total. The molecule has 0 radical (unpaired) electrons. The first-order chi connectivity index (χ1) is 11.4. The fourth-order valence-electron chi connectivity index (χ4n) is 2.01. The van der Waals surface area contributed by atoms with Crippen LogP contribution in [0.1, 0.15) is 12.0 Å². The van der Waals surface area contributed by atoms with Crippen LogP contribution in [-0.2, 0) is 21.0 Å². The molecule has 0 aliphatic rings. The van der Waals surface area contributed by atoms with Crippen LogP contribution >= 0.6 is 0 Å². The number of carbonyl (C=O) groups excluding carboxylic acids is 1. The van der Waals surface area contributed by atoms with Crippen molar-refractivity contribution in [3.8, 4) is 0 Å². The number of nitrogens with zero attached hydrogens (tertiary/aromatic N) is 2. The van der Waals surface area contributed by atoms with Crippen molar-refractivity contribution in [2.24, 2.45) is 0 Å². The van der Waals surface area contributed by atoms with E-state index in [1.807, 2.05) is 19.0 Å². The number of hydrogen-bond acceptors (Lipinski definition) is 4. The number of alkyl halides is 3. The zero-order valence-corrected chi connectivity index (χ0v) is 15.1. The highest BCUT2D eigenvalue weighted by molar-refractivity contribution is 7.92. The summed E-state index contributed by atoms with van der Waals surface area (Å²) in [5.74, 6) is -0.331. The van der Waals surface area contributed by atoms with E-state index in [1.54, 1.807) is 0 Å². The first kappa shape index (κ1) is 21.2. The fourth-order valence-corrected chi connectivity index (χ4v) is 2.94. The smallest absolute Gasteiger partial charge is 0.355 e. The van der Waals surface area contributed by atoms with Crippen molar-refractivity contribution in [1.29, 1.82) is 0 Å². The van der Waals surface area contributed by atoms with Gasteiger partial charge in [-0.3, -0.25) is 9.10 Å². The van der Waals surface area contributed by atoms with E-state index in [0.717, 1.165) is 34.8 Å². The summed E-state index contributed by atoms with van der Waals surface area (Å²) in [6.07, 6.45) is -3.66. The minimum atomic E-state index is -4.50. The van der Waals surface area contributed by atoms with Crippen molar-refractivity contribution in [2.45, 2.75) is 12.6 Å². The Morgan fingerprint density at radius 2 is 1.68 bits per heavy atom. The van der Waals surface area contributed by atoms with Gasteiger partial charge in [-0.15, -0.1) is 0 Å². The summed E-state index contributed by atoms with van der Waals surface area (Å²) in [5, 5.41) is 2.65. The molecule has 10 heteroatoms. The summed E-state index contributed by atoms with van der Waals surface area (Å²) in [6, 6.07) is 3.77. The van der Waals surface area contributed by atoms with E-state index in [4.69, 9.17) is 0 Å². The van der Waals surface area contributed by atoms with E-state index >= 15 is 0 Å². The van der Waals surface area contributed by atoms with Gasteiger partial charge in [-0.1, -0.05) is 0 Å². The third-order valence-electron chi connectivity index (χ3n) is 3.31. The Hall–Kier alpha value is -1.81. The Labute approximate surface area is 145 Å².